The van der Waals surface area contributed by atoms with Crippen LogP contribution in [-0.2, 0) is 14.7 Å². The van der Waals surface area contributed by atoms with Gasteiger partial charge in [-0.1, -0.05) is 86.6 Å². The van der Waals surface area contributed by atoms with Crippen molar-refractivity contribution >= 4 is 34.4 Å². The molecule has 1 fully saturated rings. The van der Waals surface area contributed by atoms with Gasteiger partial charge in [-0.05, 0) is 90.8 Å². The lowest BCUT2D eigenvalue weighted by Crippen LogP contribution is -2.41. The van der Waals surface area contributed by atoms with Crippen LogP contribution in [0.1, 0.15) is 52.7 Å². The van der Waals surface area contributed by atoms with Crippen LogP contribution in [-0.4, -0.2) is 22.9 Å². The van der Waals surface area contributed by atoms with Crippen LogP contribution in [0.15, 0.2) is 97.1 Å². The molecule has 0 N–H and O–H groups in total. The minimum atomic E-state index is -0.365. The standard InChI is InChI=1S/C39H34BNO2/c1-37(2)30-20-19-28-26-11-7-9-13-32(26)41-33-14-10-8-12-27(33)29-21-24(22-31(37)34(29)35(30)36(28)41)23-15-17-25(18-16-23)40-42-38(3,4)39(5,6)43-40/h7-22H,1-6H3. The molecule has 0 spiro atoms. The molecule has 1 aromatic heterocycles. The second-order valence-corrected chi connectivity index (χ2v) is 14.0. The number of rotatable bonds is 2. The highest BCUT2D eigenvalue weighted by Gasteiger charge is 2.51. The van der Waals surface area contributed by atoms with E-state index in [2.05, 4.69) is 143 Å². The summed E-state index contributed by atoms with van der Waals surface area (Å²) in [6, 6.07) is 36.1. The summed E-state index contributed by atoms with van der Waals surface area (Å²) >= 11 is 0. The van der Waals surface area contributed by atoms with E-state index < -0.39 is 0 Å². The Hall–Kier alpha value is -4.12. The van der Waals surface area contributed by atoms with E-state index in [1.54, 1.807) is 0 Å². The van der Waals surface area contributed by atoms with Crippen molar-refractivity contribution < 1.29 is 9.31 Å². The van der Waals surface area contributed by atoms with Crippen LogP contribution in [0.25, 0.3) is 60.9 Å². The third-order valence-corrected chi connectivity index (χ3v) is 10.8. The molecule has 3 nitrogen and oxygen atoms in total. The van der Waals surface area contributed by atoms with Crippen molar-refractivity contribution in [2.75, 3.05) is 0 Å². The van der Waals surface area contributed by atoms with E-state index in [0.29, 0.717) is 0 Å². The van der Waals surface area contributed by atoms with Gasteiger partial charge in [0.15, 0.2) is 0 Å². The molecule has 3 heterocycles. The lowest BCUT2D eigenvalue weighted by molar-refractivity contribution is 0.00578. The van der Waals surface area contributed by atoms with Crippen LogP contribution in [0.2, 0.25) is 0 Å². The monoisotopic (exact) mass is 559 g/mol. The zero-order valence-electron chi connectivity index (χ0n) is 25.6. The fraction of sp³-hybridized carbons (Fsp3) is 0.231. The van der Waals surface area contributed by atoms with Crippen molar-refractivity contribution in [3.05, 3.63) is 108 Å². The van der Waals surface area contributed by atoms with Gasteiger partial charge in [0.2, 0.25) is 0 Å². The van der Waals surface area contributed by atoms with Gasteiger partial charge in [-0.15, -0.1) is 0 Å². The summed E-state index contributed by atoms with van der Waals surface area (Å²) in [7, 11) is -0.365. The quantitative estimate of drug-likeness (QED) is 0.197. The lowest BCUT2D eigenvalue weighted by atomic mass is 9.78. The number of fused-ring (bicyclic) bond motifs is 6. The van der Waals surface area contributed by atoms with Gasteiger partial charge >= 0.3 is 7.12 Å². The molecular weight excluding hydrogens is 525 g/mol. The third kappa shape index (κ3) is 3.18. The van der Waals surface area contributed by atoms with Gasteiger partial charge in [-0.25, -0.2) is 0 Å². The molecule has 0 bridgehead atoms. The predicted molar refractivity (Wildman–Crippen MR) is 178 cm³/mol. The maximum Gasteiger partial charge on any atom is 0.494 e. The highest BCUT2D eigenvalue weighted by molar-refractivity contribution is 6.62. The van der Waals surface area contributed by atoms with E-state index in [1.807, 2.05) is 0 Å². The first-order valence-electron chi connectivity index (χ1n) is 15.4. The van der Waals surface area contributed by atoms with Gasteiger partial charge in [-0.2, -0.15) is 0 Å². The molecule has 2 aliphatic heterocycles. The Labute approximate surface area is 253 Å². The SMILES string of the molecule is CC1(C)c2cc(-c3ccc(B4OC(C)(C)C(C)(C)O4)cc3)cc3c2-c2c1ccc1c4ccccc4n(c21)-c1ccccc1-3. The van der Waals surface area contributed by atoms with Crippen LogP contribution < -0.4 is 5.46 Å². The molecule has 1 aliphatic carbocycles. The lowest BCUT2D eigenvalue weighted by Gasteiger charge is -2.32. The molecule has 0 unspecified atom stereocenters. The molecule has 0 amide bonds. The molecule has 4 heteroatoms. The Bertz CT molecular complexity index is 2150. The summed E-state index contributed by atoms with van der Waals surface area (Å²) in [4.78, 5) is 0. The molecule has 43 heavy (non-hydrogen) atoms. The van der Waals surface area contributed by atoms with Gasteiger partial charge < -0.3 is 13.9 Å². The molecule has 0 saturated carbocycles. The van der Waals surface area contributed by atoms with Crippen molar-refractivity contribution in [3.8, 4) is 39.1 Å². The first-order chi connectivity index (χ1) is 20.6. The molecular formula is C39H34BNO2. The number of nitrogens with zero attached hydrogens (tertiary/aromatic N) is 1. The molecule has 0 radical (unpaired) electrons. The second-order valence-electron chi connectivity index (χ2n) is 14.0. The van der Waals surface area contributed by atoms with Crippen LogP contribution >= 0.6 is 0 Å². The van der Waals surface area contributed by atoms with Gasteiger partial charge in [0.25, 0.3) is 0 Å². The highest BCUT2D eigenvalue weighted by Crippen LogP contribution is 2.58. The maximum absolute atomic E-state index is 6.34. The van der Waals surface area contributed by atoms with E-state index in [4.69, 9.17) is 9.31 Å². The summed E-state index contributed by atoms with van der Waals surface area (Å²) in [6.07, 6.45) is 0. The molecule has 210 valence electrons. The third-order valence-electron chi connectivity index (χ3n) is 10.8. The fourth-order valence-electron chi connectivity index (χ4n) is 7.72. The zero-order valence-corrected chi connectivity index (χ0v) is 25.6. The Morgan fingerprint density at radius 3 is 2.05 bits per heavy atom. The van der Waals surface area contributed by atoms with E-state index in [-0.39, 0.29) is 23.7 Å². The Morgan fingerprint density at radius 1 is 0.581 bits per heavy atom. The number of hydrogen-bond acceptors (Lipinski definition) is 2. The fourth-order valence-corrected chi connectivity index (χ4v) is 7.72. The van der Waals surface area contributed by atoms with Crippen molar-refractivity contribution in [1.29, 1.82) is 0 Å². The zero-order chi connectivity index (χ0) is 29.5. The van der Waals surface area contributed by atoms with E-state index in [9.17, 15) is 0 Å². The average Bonchev–Trinajstić information content (AvgIpc) is 3.49. The molecule has 6 aromatic rings. The number of benzene rings is 5. The van der Waals surface area contributed by atoms with E-state index in [0.717, 1.165) is 5.46 Å². The maximum atomic E-state index is 6.34. The minimum Gasteiger partial charge on any atom is -0.399 e. The Morgan fingerprint density at radius 2 is 1.28 bits per heavy atom. The minimum absolute atomic E-state index is 0.125. The van der Waals surface area contributed by atoms with E-state index in [1.165, 1.54) is 72.0 Å². The molecule has 1 saturated heterocycles. The first kappa shape index (κ1) is 25.4. The number of aromatic nitrogens is 1. The summed E-state index contributed by atoms with van der Waals surface area (Å²) in [5, 5.41) is 2.63. The van der Waals surface area contributed by atoms with Crippen molar-refractivity contribution in [2.45, 2.75) is 58.2 Å². The molecule has 0 atom stereocenters. The number of para-hydroxylation sites is 2. The van der Waals surface area contributed by atoms with E-state index >= 15 is 0 Å². The van der Waals surface area contributed by atoms with Gasteiger partial charge in [0.1, 0.15) is 0 Å². The van der Waals surface area contributed by atoms with Gasteiger partial charge in [0.05, 0.1) is 27.9 Å². The normalized spacial score (nSPS) is 18.3. The smallest absolute Gasteiger partial charge is 0.399 e. The average molecular weight is 560 g/mol. The van der Waals surface area contributed by atoms with Gasteiger partial charge in [0, 0.05) is 27.3 Å². The number of hydrogen-bond donors (Lipinski definition) is 0. The summed E-state index contributed by atoms with van der Waals surface area (Å²) in [6.45, 7) is 13.2. The van der Waals surface area contributed by atoms with Crippen LogP contribution in [0.5, 0.6) is 0 Å². The molecule has 3 aliphatic rings. The first-order valence-corrected chi connectivity index (χ1v) is 15.4. The van der Waals surface area contributed by atoms with Crippen LogP contribution in [0.4, 0.5) is 0 Å². The van der Waals surface area contributed by atoms with Crippen LogP contribution in [0.3, 0.4) is 0 Å². The summed E-state index contributed by atoms with van der Waals surface area (Å²) in [5.74, 6) is 0. The molecule has 9 rings (SSSR count). The Kier molecular flexibility index (Phi) is 4.77. The second kappa shape index (κ2) is 8.08. The predicted octanol–water partition coefficient (Wildman–Crippen LogP) is 9.04. The topological polar surface area (TPSA) is 23.4 Å². The van der Waals surface area contributed by atoms with Crippen molar-refractivity contribution in [1.82, 2.24) is 4.57 Å². The highest BCUT2D eigenvalue weighted by atomic mass is 16.7. The van der Waals surface area contributed by atoms with Crippen molar-refractivity contribution in [2.24, 2.45) is 0 Å². The largest absolute Gasteiger partial charge is 0.494 e. The summed E-state index contributed by atoms with van der Waals surface area (Å²) in [5.41, 5.74) is 14.6. The summed E-state index contributed by atoms with van der Waals surface area (Å²) < 4.78 is 15.2. The molecule has 5 aromatic carbocycles. The van der Waals surface area contributed by atoms with Gasteiger partial charge in [-0.3, -0.25) is 0 Å². The Balaban J connectivity index is 1.28. The van der Waals surface area contributed by atoms with Crippen LogP contribution in [0, 0.1) is 0 Å². The van der Waals surface area contributed by atoms with Crippen molar-refractivity contribution in [3.63, 3.8) is 0 Å².